The summed E-state index contributed by atoms with van der Waals surface area (Å²) in [5.41, 5.74) is 1.36. The zero-order valence-electron chi connectivity index (χ0n) is 12.5. The number of nitrogens with zero attached hydrogens (tertiary/aromatic N) is 2. The Hall–Kier alpha value is -1.42. The third-order valence-electron chi connectivity index (χ3n) is 3.02. The molecule has 1 aromatic carbocycles. The van der Waals surface area contributed by atoms with E-state index in [1.165, 1.54) is 5.56 Å². The molecular formula is C17H21ClN2O. The monoisotopic (exact) mass is 304 g/mol. The summed E-state index contributed by atoms with van der Waals surface area (Å²) in [4.78, 5) is 6.50. The second-order valence-corrected chi connectivity index (χ2v) is 6.28. The van der Waals surface area contributed by atoms with Crippen LogP contribution in [0.2, 0.25) is 5.15 Å². The first-order valence-electron chi connectivity index (χ1n) is 7.02. The fraction of sp³-hybridized carbons (Fsp3) is 0.353. The Morgan fingerprint density at radius 1 is 1.05 bits per heavy atom. The number of hydrogen-bond donors (Lipinski definition) is 1. The maximum absolute atomic E-state index is 10.1. The molecule has 2 rings (SSSR count). The van der Waals surface area contributed by atoms with Gasteiger partial charge in [0.15, 0.2) is 0 Å². The van der Waals surface area contributed by atoms with Gasteiger partial charge in [-0.15, -0.1) is 0 Å². The van der Waals surface area contributed by atoms with E-state index in [1.807, 2.05) is 44.2 Å². The number of aliphatic hydroxyl groups is 1. The summed E-state index contributed by atoms with van der Waals surface area (Å²) >= 11 is 5.94. The van der Waals surface area contributed by atoms with Crippen molar-refractivity contribution in [2.75, 3.05) is 6.54 Å². The molecule has 0 aliphatic heterocycles. The third kappa shape index (κ3) is 5.84. The van der Waals surface area contributed by atoms with E-state index in [-0.39, 0.29) is 0 Å². The Kier molecular flexibility index (Phi) is 5.34. The van der Waals surface area contributed by atoms with E-state index in [9.17, 15) is 5.11 Å². The highest BCUT2D eigenvalue weighted by Gasteiger charge is 2.19. The van der Waals surface area contributed by atoms with Crippen LogP contribution in [-0.4, -0.2) is 27.1 Å². The first-order valence-corrected chi connectivity index (χ1v) is 7.40. The molecule has 0 saturated carbocycles. The number of halogens is 1. The number of hydrogen-bond acceptors (Lipinski definition) is 3. The Morgan fingerprint density at radius 3 is 2.38 bits per heavy atom. The molecule has 1 N–H and O–H groups in total. The molecule has 1 aromatic heterocycles. The second kappa shape index (κ2) is 7.03. The van der Waals surface area contributed by atoms with Crippen LogP contribution >= 0.6 is 11.6 Å². The molecule has 0 aliphatic rings. The molecule has 0 unspecified atom stereocenters. The Balaban J connectivity index is 2.12. The highest BCUT2D eigenvalue weighted by molar-refractivity contribution is 6.29. The maximum Gasteiger partial charge on any atom is 0.129 e. The zero-order valence-corrected chi connectivity index (χ0v) is 13.2. The van der Waals surface area contributed by atoms with Crippen LogP contribution in [0.4, 0.5) is 0 Å². The van der Waals surface area contributed by atoms with Gasteiger partial charge in [-0.25, -0.2) is 4.98 Å². The van der Waals surface area contributed by atoms with Crippen molar-refractivity contribution in [3.8, 4) is 0 Å². The lowest BCUT2D eigenvalue weighted by Crippen LogP contribution is -2.38. The largest absolute Gasteiger partial charge is 0.389 e. The predicted molar refractivity (Wildman–Crippen MR) is 86.1 cm³/mol. The van der Waals surface area contributed by atoms with Crippen LogP contribution < -0.4 is 0 Å². The van der Waals surface area contributed by atoms with Crippen molar-refractivity contribution in [1.29, 1.82) is 0 Å². The smallest absolute Gasteiger partial charge is 0.129 e. The van der Waals surface area contributed by atoms with Crippen LogP contribution in [-0.2, 0) is 13.1 Å². The molecule has 0 atom stereocenters. The summed E-state index contributed by atoms with van der Waals surface area (Å²) in [5, 5.41) is 10.6. The second-order valence-electron chi connectivity index (χ2n) is 5.89. The molecule has 4 heteroatoms. The first-order chi connectivity index (χ1) is 9.92. The van der Waals surface area contributed by atoms with Crippen molar-refractivity contribution in [1.82, 2.24) is 9.88 Å². The first kappa shape index (κ1) is 16.0. The van der Waals surface area contributed by atoms with E-state index in [1.54, 1.807) is 6.07 Å². The number of benzene rings is 1. The lowest BCUT2D eigenvalue weighted by molar-refractivity contribution is 0.0303. The van der Waals surface area contributed by atoms with Crippen LogP contribution in [0.3, 0.4) is 0 Å². The lowest BCUT2D eigenvalue weighted by atomic mass is 10.1. The molecule has 0 saturated heterocycles. The van der Waals surface area contributed by atoms with E-state index in [0.29, 0.717) is 18.2 Å². The Labute approximate surface area is 131 Å². The average molecular weight is 305 g/mol. The SMILES string of the molecule is CC(C)(O)CN(Cc1ccccc1)Cc1cccc(Cl)n1. The van der Waals surface area contributed by atoms with Gasteiger partial charge in [0.05, 0.1) is 11.3 Å². The molecule has 0 radical (unpaired) electrons. The molecule has 0 fully saturated rings. The minimum atomic E-state index is -0.757. The van der Waals surface area contributed by atoms with Crippen LogP contribution in [0, 0.1) is 0 Å². The normalized spacial score (nSPS) is 11.9. The minimum absolute atomic E-state index is 0.496. The molecule has 21 heavy (non-hydrogen) atoms. The highest BCUT2D eigenvalue weighted by Crippen LogP contribution is 2.14. The minimum Gasteiger partial charge on any atom is -0.389 e. The van der Waals surface area contributed by atoms with Gasteiger partial charge in [0, 0.05) is 19.6 Å². The number of pyridine rings is 1. The van der Waals surface area contributed by atoms with E-state index < -0.39 is 5.60 Å². The summed E-state index contributed by atoms with van der Waals surface area (Å²) in [6.07, 6.45) is 0. The predicted octanol–water partition coefficient (Wildman–Crippen LogP) is 3.51. The van der Waals surface area contributed by atoms with Crippen LogP contribution in [0.25, 0.3) is 0 Å². The summed E-state index contributed by atoms with van der Waals surface area (Å²) in [6.45, 7) is 5.61. The Morgan fingerprint density at radius 2 is 1.76 bits per heavy atom. The molecule has 1 heterocycles. The van der Waals surface area contributed by atoms with Gasteiger partial charge >= 0.3 is 0 Å². The van der Waals surface area contributed by atoms with Gasteiger partial charge in [-0.3, -0.25) is 4.90 Å². The van der Waals surface area contributed by atoms with Crippen molar-refractivity contribution >= 4 is 11.6 Å². The van der Waals surface area contributed by atoms with E-state index in [4.69, 9.17) is 11.6 Å². The Bertz CT molecular complexity index is 567. The summed E-state index contributed by atoms with van der Waals surface area (Å²) in [5.74, 6) is 0. The van der Waals surface area contributed by atoms with Gasteiger partial charge in [-0.1, -0.05) is 48.0 Å². The summed E-state index contributed by atoms with van der Waals surface area (Å²) in [7, 11) is 0. The highest BCUT2D eigenvalue weighted by atomic mass is 35.5. The van der Waals surface area contributed by atoms with E-state index >= 15 is 0 Å². The van der Waals surface area contributed by atoms with Gasteiger partial charge in [-0.05, 0) is 31.5 Å². The van der Waals surface area contributed by atoms with Gasteiger partial charge in [0.1, 0.15) is 5.15 Å². The topological polar surface area (TPSA) is 36.4 Å². The van der Waals surface area contributed by atoms with Crippen molar-refractivity contribution < 1.29 is 5.11 Å². The third-order valence-corrected chi connectivity index (χ3v) is 3.23. The van der Waals surface area contributed by atoms with Crippen molar-refractivity contribution in [2.45, 2.75) is 32.5 Å². The van der Waals surface area contributed by atoms with Gasteiger partial charge in [0.2, 0.25) is 0 Å². The quantitative estimate of drug-likeness (QED) is 0.830. The number of rotatable bonds is 6. The van der Waals surface area contributed by atoms with Crippen LogP contribution in [0.5, 0.6) is 0 Å². The standard InChI is InChI=1S/C17H21ClN2O/c1-17(2,21)13-20(11-14-7-4-3-5-8-14)12-15-9-6-10-16(18)19-15/h3-10,21H,11-13H2,1-2H3. The average Bonchev–Trinajstić information content (AvgIpc) is 2.37. The van der Waals surface area contributed by atoms with Crippen LogP contribution in [0.15, 0.2) is 48.5 Å². The summed E-state index contributed by atoms with van der Waals surface area (Å²) < 4.78 is 0. The molecule has 0 spiro atoms. The molecule has 0 aliphatic carbocycles. The van der Waals surface area contributed by atoms with Gasteiger partial charge in [-0.2, -0.15) is 0 Å². The maximum atomic E-state index is 10.1. The van der Waals surface area contributed by atoms with E-state index in [0.717, 1.165) is 12.2 Å². The van der Waals surface area contributed by atoms with E-state index in [2.05, 4.69) is 22.0 Å². The van der Waals surface area contributed by atoms with Crippen LogP contribution in [0.1, 0.15) is 25.1 Å². The van der Waals surface area contributed by atoms with Gasteiger partial charge in [0.25, 0.3) is 0 Å². The molecular weight excluding hydrogens is 284 g/mol. The zero-order chi connectivity index (χ0) is 15.3. The fourth-order valence-electron chi connectivity index (χ4n) is 2.32. The molecule has 0 bridgehead atoms. The van der Waals surface area contributed by atoms with Crippen molar-refractivity contribution in [2.24, 2.45) is 0 Å². The summed E-state index contributed by atoms with van der Waals surface area (Å²) in [6, 6.07) is 15.8. The fourth-order valence-corrected chi connectivity index (χ4v) is 2.51. The molecule has 112 valence electrons. The van der Waals surface area contributed by atoms with Crippen molar-refractivity contribution in [3.63, 3.8) is 0 Å². The lowest BCUT2D eigenvalue weighted by Gasteiger charge is -2.29. The molecule has 2 aromatic rings. The number of aromatic nitrogens is 1. The van der Waals surface area contributed by atoms with Crippen molar-refractivity contribution in [3.05, 3.63) is 64.9 Å². The molecule has 0 amide bonds. The van der Waals surface area contributed by atoms with Gasteiger partial charge < -0.3 is 5.11 Å². The molecule has 3 nitrogen and oxygen atoms in total.